The number of amides is 1. The molecule has 0 radical (unpaired) electrons. The van der Waals surface area contributed by atoms with E-state index in [2.05, 4.69) is 10.6 Å². The Balaban J connectivity index is 2.09. The minimum Gasteiger partial charge on any atom is -0.371 e. The molecule has 1 amide bonds. The Bertz CT molecular complexity index is 783. The van der Waals surface area contributed by atoms with Crippen molar-refractivity contribution in [3.63, 3.8) is 0 Å². The maximum absolute atomic E-state index is 13.1. The van der Waals surface area contributed by atoms with E-state index in [1.807, 2.05) is 32.9 Å². The van der Waals surface area contributed by atoms with Crippen molar-refractivity contribution in [3.8, 4) is 0 Å². The number of hydrogen-bond donors (Lipinski definition) is 2. The molecule has 6 nitrogen and oxygen atoms in total. The monoisotopic (exact) mass is 331 g/mol. The number of nitro groups is 1. The molecule has 0 bridgehead atoms. The molecule has 0 heterocycles. The fourth-order valence-electron chi connectivity index (χ4n) is 2.54. The van der Waals surface area contributed by atoms with E-state index in [4.69, 9.17) is 0 Å². The first-order valence-corrected chi connectivity index (χ1v) is 7.33. The lowest BCUT2D eigenvalue weighted by atomic mass is 10.1. The highest BCUT2D eigenvalue weighted by atomic mass is 19.1. The molecule has 24 heavy (non-hydrogen) atoms. The van der Waals surface area contributed by atoms with Gasteiger partial charge in [-0.15, -0.1) is 0 Å². The lowest BCUT2D eigenvalue weighted by Gasteiger charge is -2.13. The average molecular weight is 331 g/mol. The number of benzene rings is 2. The van der Waals surface area contributed by atoms with Crippen LogP contribution in [0.4, 0.5) is 21.5 Å². The number of nitro benzene ring substituents is 1. The van der Waals surface area contributed by atoms with Crippen molar-refractivity contribution < 1.29 is 14.1 Å². The van der Waals surface area contributed by atoms with E-state index in [1.165, 1.54) is 6.07 Å². The van der Waals surface area contributed by atoms with Gasteiger partial charge in [0.1, 0.15) is 11.5 Å². The van der Waals surface area contributed by atoms with Crippen LogP contribution in [0.15, 0.2) is 30.3 Å². The summed E-state index contributed by atoms with van der Waals surface area (Å²) in [5.74, 6) is -1.05. The minimum atomic E-state index is -0.706. The Kier molecular flexibility index (Phi) is 5.13. The molecular formula is C17H18FN3O3. The Morgan fingerprint density at radius 3 is 2.38 bits per heavy atom. The number of rotatable bonds is 5. The van der Waals surface area contributed by atoms with Gasteiger partial charge >= 0.3 is 0 Å². The van der Waals surface area contributed by atoms with Crippen LogP contribution in [0.3, 0.4) is 0 Å². The molecule has 0 saturated carbocycles. The molecule has 0 aromatic heterocycles. The topological polar surface area (TPSA) is 84.3 Å². The molecule has 0 aliphatic rings. The van der Waals surface area contributed by atoms with Crippen LogP contribution >= 0.6 is 0 Å². The van der Waals surface area contributed by atoms with Crippen LogP contribution < -0.4 is 10.6 Å². The predicted octanol–water partition coefficient (Wildman–Crippen LogP) is 3.71. The molecule has 0 atom stereocenters. The van der Waals surface area contributed by atoms with Crippen LogP contribution in [0.2, 0.25) is 0 Å². The molecule has 2 aromatic carbocycles. The molecule has 0 saturated heterocycles. The smallest absolute Gasteiger partial charge is 0.295 e. The number of carbonyl (C=O) groups is 1. The fraction of sp³-hybridized carbons (Fsp3) is 0.235. The Morgan fingerprint density at radius 2 is 1.79 bits per heavy atom. The summed E-state index contributed by atoms with van der Waals surface area (Å²) in [4.78, 5) is 22.3. The largest absolute Gasteiger partial charge is 0.371 e. The maximum atomic E-state index is 13.1. The van der Waals surface area contributed by atoms with Crippen LogP contribution in [-0.4, -0.2) is 17.4 Å². The lowest BCUT2D eigenvalue weighted by Crippen LogP contribution is -2.23. The molecule has 2 aromatic rings. The van der Waals surface area contributed by atoms with Crippen molar-refractivity contribution in [2.45, 2.75) is 20.8 Å². The van der Waals surface area contributed by atoms with E-state index < -0.39 is 16.4 Å². The van der Waals surface area contributed by atoms with Crippen LogP contribution in [0.5, 0.6) is 0 Å². The third kappa shape index (κ3) is 4.07. The van der Waals surface area contributed by atoms with Crippen LogP contribution in [0.25, 0.3) is 0 Å². The van der Waals surface area contributed by atoms with Crippen molar-refractivity contribution in [3.05, 3.63) is 63.0 Å². The first-order chi connectivity index (χ1) is 11.3. The number of anilines is 2. The Hall–Kier alpha value is -2.96. The van der Waals surface area contributed by atoms with Gasteiger partial charge in [0.25, 0.3) is 5.69 Å². The first kappa shape index (κ1) is 17.4. The molecule has 126 valence electrons. The summed E-state index contributed by atoms with van der Waals surface area (Å²) in [6, 6.07) is 7.07. The third-order valence-electron chi connectivity index (χ3n) is 3.54. The number of nitrogens with one attached hydrogen (secondary N) is 2. The Labute approximate surface area is 138 Å². The van der Waals surface area contributed by atoms with Gasteiger partial charge in [0.2, 0.25) is 5.91 Å². The maximum Gasteiger partial charge on any atom is 0.295 e. The minimum absolute atomic E-state index is 0.0916. The molecule has 7 heteroatoms. The van der Waals surface area contributed by atoms with Crippen molar-refractivity contribution in [1.82, 2.24) is 0 Å². The summed E-state index contributed by atoms with van der Waals surface area (Å²) in [7, 11) is 0. The lowest BCUT2D eigenvalue weighted by molar-refractivity contribution is -0.384. The zero-order valence-corrected chi connectivity index (χ0v) is 13.6. The normalized spacial score (nSPS) is 10.3. The molecular weight excluding hydrogens is 313 g/mol. The zero-order chi connectivity index (χ0) is 17.9. The molecule has 2 N–H and O–H groups in total. The summed E-state index contributed by atoms with van der Waals surface area (Å²) in [5.41, 5.74) is 3.38. The predicted molar refractivity (Wildman–Crippen MR) is 90.8 cm³/mol. The second kappa shape index (κ2) is 7.08. The van der Waals surface area contributed by atoms with Gasteiger partial charge < -0.3 is 10.6 Å². The summed E-state index contributed by atoms with van der Waals surface area (Å²) in [6.07, 6.45) is 0. The highest BCUT2D eigenvalue weighted by Crippen LogP contribution is 2.25. The van der Waals surface area contributed by atoms with Crippen molar-refractivity contribution in [1.29, 1.82) is 0 Å². The van der Waals surface area contributed by atoms with E-state index in [-0.39, 0.29) is 18.1 Å². The summed E-state index contributed by atoms with van der Waals surface area (Å²) in [6.45, 7) is 5.60. The highest BCUT2D eigenvalue weighted by molar-refractivity contribution is 5.95. The SMILES string of the molecule is Cc1cc(C)c(NC(=O)CNc2ccc(F)cc2[N+](=O)[O-])c(C)c1. The van der Waals surface area contributed by atoms with Gasteiger partial charge in [-0.3, -0.25) is 14.9 Å². The zero-order valence-electron chi connectivity index (χ0n) is 13.6. The van der Waals surface area contributed by atoms with Gasteiger partial charge in [-0.05, 0) is 44.0 Å². The van der Waals surface area contributed by atoms with Crippen molar-refractivity contribution >= 4 is 23.0 Å². The van der Waals surface area contributed by atoms with Crippen molar-refractivity contribution in [2.75, 3.05) is 17.2 Å². The van der Waals surface area contributed by atoms with E-state index in [0.717, 1.165) is 34.5 Å². The van der Waals surface area contributed by atoms with E-state index in [1.54, 1.807) is 0 Å². The van der Waals surface area contributed by atoms with Crippen molar-refractivity contribution in [2.24, 2.45) is 0 Å². The van der Waals surface area contributed by atoms with Gasteiger partial charge in [-0.25, -0.2) is 4.39 Å². The molecule has 2 rings (SSSR count). The van der Waals surface area contributed by atoms with E-state index >= 15 is 0 Å². The average Bonchev–Trinajstić information content (AvgIpc) is 2.49. The van der Waals surface area contributed by atoms with Crippen LogP contribution in [0, 0.1) is 36.7 Å². The van der Waals surface area contributed by atoms with Gasteiger partial charge in [-0.2, -0.15) is 0 Å². The van der Waals surface area contributed by atoms with Crippen LogP contribution in [0.1, 0.15) is 16.7 Å². The van der Waals surface area contributed by atoms with E-state index in [9.17, 15) is 19.3 Å². The van der Waals surface area contributed by atoms with Gasteiger partial charge in [-0.1, -0.05) is 17.7 Å². The molecule has 0 spiro atoms. The number of carbonyl (C=O) groups excluding carboxylic acids is 1. The summed E-state index contributed by atoms with van der Waals surface area (Å²) in [5, 5.41) is 16.4. The molecule has 0 fully saturated rings. The molecule has 0 unspecified atom stereocenters. The summed E-state index contributed by atoms with van der Waals surface area (Å²) >= 11 is 0. The van der Waals surface area contributed by atoms with E-state index in [0.29, 0.717) is 0 Å². The molecule has 0 aliphatic carbocycles. The van der Waals surface area contributed by atoms with Gasteiger partial charge in [0, 0.05) is 5.69 Å². The van der Waals surface area contributed by atoms with Crippen LogP contribution in [-0.2, 0) is 4.79 Å². The standard InChI is InChI=1S/C17H18FN3O3/c1-10-6-11(2)17(12(3)7-10)20-16(22)9-19-14-5-4-13(18)8-15(14)21(23)24/h4-8,19H,9H2,1-3H3,(H,20,22). The van der Waals surface area contributed by atoms with Gasteiger partial charge in [0.15, 0.2) is 0 Å². The second-order valence-electron chi connectivity index (χ2n) is 5.59. The Morgan fingerprint density at radius 1 is 1.17 bits per heavy atom. The summed E-state index contributed by atoms with van der Waals surface area (Å²) < 4.78 is 13.1. The number of halogens is 1. The number of hydrogen-bond acceptors (Lipinski definition) is 4. The fourth-order valence-corrected chi connectivity index (χ4v) is 2.54. The second-order valence-corrected chi connectivity index (χ2v) is 5.59. The molecule has 0 aliphatic heterocycles. The quantitative estimate of drug-likeness (QED) is 0.646. The first-order valence-electron chi connectivity index (χ1n) is 7.33. The highest BCUT2D eigenvalue weighted by Gasteiger charge is 2.16. The van der Waals surface area contributed by atoms with Gasteiger partial charge in [0.05, 0.1) is 17.5 Å². The number of aryl methyl sites for hydroxylation is 3. The number of nitrogens with zero attached hydrogens (tertiary/aromatic N) is 1. The third-order valence-corrected chi connectivity index (χ3v) is 3.54.